The average Bonchev–Trinajstić information content (AvgIpc) is 2.73. The van der Waals surface area contributed by atoms with Crippen molar-refractivity contribution in [3.8, 4) is 11.1 Å². The molecule has 0 saturated heterocycles. The number of nitro groups is 1. The van der Waals surface area contributed by atoms with Crippen molar-refractivity contribution in [3.63, 3.8) is 0 Å². The molecular weight excluding hydrogens is 457 g/mol. The smallest absolute Gasteiger partial charge is 0.389 e. The monoisotopic (exact) mass is 478 g/mol. The molecule has 3 aromatic heterocycles. The lowest BCUT2D eigenvalue weighted by molar-refractivity contribution is -0.384. The molecule has 0 saturated carbocycles. The van der Waals surface area contributed by atoms with Crippen molar-refractivity contribution in [1.29, 1.82) is 0 Å². The fraction of sp³-hybridized carbons (Fsp3) is 0.286. The molecule has 13 heteroatoms. The van der Waals surface area contributed by atoms with E-state index in [0.29, 0.717) is 17.2 Å². The number of hydrogen-bond acceptors (Lipinski definition) is 8. The van der Waals surface area contributed by atoms with Crippen molar-refractivity contribution in [1.82, 2.24) is 14.5 Å². The number of anilines is 3. The van der Waals surface area contributed by atoms with Crippen LogP contribution in [0.15, 0.2) is 47.5 Å². The van der Waals surface area contributed by atoms with Gasteiger partial charge in [-0.25, -0.2) is 9.97 Å². The van der Waals surface area contributed by atoms with Gasteiger partial charge in [-0.1, -0.05) is 0 Å². The Bertz CT molecular complexity index is 1270. The third-order valence-corrected chi connectivity index (χ3v) is 4.64. The molecule has 0 aliphatic carbocycles. The Labute approximate surface area is 191 Å². The summed E-state index contributed by atoms with van der Waals surface area (Å²) in [5.41, 5.74) is -2.66. The number of pyridine rings is 3. The fourth-order valence-corrected chi connectivity index (χ4v) is 2.87. The summed E-state index contributed by atoms with van der Waals surface area (Å²) in [5.74, 6) is -1.16. The first kappa shape index (κ1) is 24.6. The number of hydrogen-bond donors (Lipinski definition) is 3. The van der Waals surface area contributed by atoms with Gasteiger partial charge in [0.2, 0.25) is 5.82 Å². The highest BCUT2D eigenvalue weighted by Crippen LogP contribution is 2.39. The maximum Gasteiger partial charge on any atom is 0.420 e. The standard InChI is InChI=1S/C21H21F3N6O4/c1-20(2,32)11-26-19-15(30(33)34)9-14(21(22,23)24)18(28-19)27-16-5-4-13(10-25-16)12-6-7-29(3)17(31)8-12/h4-10,32H,11H2,1-3H3,(H2,25,26,27,28). The van der Waals surface area contributed by atoms with Crippen LogP contribution >= 0.6 is 0 Å². The summed E-state index contributed by atoms with van der Waals surface area (Å²) in [7, 11) is 1.59. The van der Waals surface area contributed by atoms with Gasteiger partial charge < -0.3 is 20.3 Å². The van der Waals surface area contributed by atoms with E-state index in [4.69, 9.17) is 0 Å². The second kappa shape index (κ2) is 9.09. The fourth-order valence-electron chi connectivity index (χ4n) is 2.87. The Kier molecular flexibility index (Phi) is 6.59. The normalized spacial score (nSPS) is 11.9. The van der Waals surface area contributed by atoms with Crippen LogP contribution in [0.4, 0.5) is 36.3 Å². The van der Waals surface area contributed by atoms with Gasteiger partial charge in [-0.15, -0.1) is 0 Å². The van der Waals surface area contributed by atoms with Crippen molar-refractivity contribution < 1.29 is 23.2 Å². The summed E-state index contributed by atoms with van der Waals surface area (Å²) in [6.07, 6.45) is -2.01. The molecular formula is C21H21F3N6O4. The van der Waals surface area contributed by atoms with E-state index < -0.39 is 39.6 Å². The SMILES string of the molecule is Cn1ccc(-c2ccc(Nc3nc(NCC(C)(C)O)c([N+](=O)[O-])cc3C(F)(F)F)nc2)cc1=O. The minimum atomic E-state index is -4.95. The highest BCUT2D eigenvalue weighted by Gasteiger charge is 2.38. The van der Waals surface area contributed by atoms with Crippen LogP contribution in [0.25, 0.3) is 11.1 Å². The molecule has 0 bridgehead atoms. The van der Waals surface area contributed by atoms with Gasteiger partial charge in [0.1, 0.15) is 17.2 Å². The number of aliphatic hydroxyl groups is 1. The minimum Gasteiger partial charge on any atom is -0.389 e. The highest BCUT2D eigenvalue weighted by atomic mass is 19.4. The zero-order valence-corrected chi connectivity index (χ0v) is 18.3. The van der Waals surface area contributed by atoms with Crippen molar-refractivity contribution in [2.24, 2.45) is 7.05 Å². The Balaban J connectivity index is 1.99. The van der Waals surface area contributed by atoms with Crippen LogP contribution < -0.4 is 16.2 Å². The van der Waals surface area contributed by atoms with Gasteiger partial charge in [0.05, 0.1) is 10.5 Å². The molecule has 0 radical (unpaired) electrons. The van der Waals surface area contributed by atoms with Gasteiger partial charge in [-0.3, -0.25) is 14.9 Å². The highest BCUT2D eigenvalue weighted by molar-refractivity contribution is 5.69. The Hall–Kier alpha value is -4.00. The largest absolute Gasteiger partial charge is 0.420 e. The zero-order valence-electron chi connectivity index (χ0n) is 18.3. The molecule has 10 nitrogen and oxygen atoms in total. The molecule has 0 aliphatic heterocycles. The third-order valence-electron chi connectivity index (χ3n) is 4.64. The van der Waals surface area contributed by atoms with Gasteiger partial charge >= 0.3 is 11.9 Å². The van der Waals surface area contributed by atoms with Crippen LogP contribution in [0.3, 0.4) is 0 Å². The van der Waals surface area contributed by atoms with E-state index >= 15 is 0 Å². The molecule has 3 N–H and O–H groups in total. The van der Waals surface area contributed by atoms with E-state index in [-0.39, 0.29) is 17.9 Å². The summed E-state index contributed by atoms with van der Waals surface area (Å²) in [6.45, 7) is 2.64. The average molecular weight is 478 g/mol. The first-order chi connectivity index (χ1) is 15.7. The third kappa shape index (κ3) is 5.86. The second-order valence-electron chi connectivity index (χ2n) is 8.09. The summed E-state index contributed by atoms with van der Waals surface area (Å²) in [4.78, 5) is 30.0. The first-order valence-electron chi connectivity index (χ1n) is 9.87. The van der Waals surface area contributed by atoms with E-state index in [1.165, 1.54) is 36.7 Å². The lowest BCUT2D eigenvalue weighted by Crippen LogP contribution is -2.30. The predicted molar refractivity (Wildman–Crippen MR) is 119 cm³/mol. The molecule has 0 atom stereocenters. The summed E-state index contributed by atoms with van der Waals surface area (Å²) < 4.78 is 42.3. The van der Waals surface area contributed by atoms with Crippen LogP contribution in [0, 0.1) is 10.1 Å². The lowest BCUT2D eigenvalue weighted by Gasteiger charge is -2.19. The number of alkyl halides is 3. The Morgan fingerprint density at radius 2 is 1.85 bits per heavy atom. The molecule has 0 spiro atoms. The van der Waals surface area contributed by atoms with Gasteiger partial charge in [-0.05, 0) is 37.6 Å². The number of nitrogens with zero attached hydrogens (tertiary/aromatic N) is 4. The Morgan fingerprint density at radius 3 is 2.38 bits per heavy atom. The summed E-state index contributed by atoms with van der Waals surface area (Å²) >= 11 is 0. The summed E-state index contributed by atoms with van der Waals surface area (Å²) in [6, 6.07) is 6.39. The predicted octanol–water partition coefficient (Wildman–Crippen LogP) is 3.70. The van der Waals surface area contributed by atoms with Crippen molar-refractivity contribution in [2.45, 2.75) is 25.6 Å². The van der Waals surface area contributed by atoms with Crippen molar-refractivity contribution >= 4 is 23.1 Å². The van der Waals surface area contributed by atoms with Gasteiger partial charge in [-0.2, -0.15) is 13.2 Å². The molecule has 0 aromatic carbocycles. The maximum absolute atomic E-state index is 13.6. The van der Waals surface area contributed by atoms with E-state index in [1.807, 2.05) is 0 Å². The molecule has 0 aliphatic rings. The Morgan fingerprint density at radius 1 is 1.15 bits per heavy atom. The van der Waals surface area contributed by atoms with Crippen LogP contribution in [-0.2, 0) is 13.2 Å². The van der Waals surface area contributed by atoms with Crippen LogP contribution in [-0.4, -0.2) is 36.7 Å². The van der Waals surface area contributed by atoms with Crippen molar-refractivity contribution in [3.05, 3.63) is 68.8 Å². The number of nitrogens with one attached hydrogen (secondary N) is 2. The second-order valence-corrected chi connectivity index (χ2v) is 8.09. The minimum absolute atomic E-state index is 0.00660. The molecule has 180 valence electrons. The van der Waals surface area contributed by atoms with E-state index in [1.54, 1.807) is 25.4 Å². The van der Waals surface area contributed by atoms with Crippen molar-refractivity contribution in [2.75, 3.05) is 17.2 Å². The van der Waals surface area contributed by atoms with Gasteiger partial charge in [0, 0.05) is 43.7 Å². The zero-order chi connectivity index (χ0) is 25.3. The molecule has 0 amide bonds. The summed E-state index contributed by atoms with van der Waals surface area (Å²) in [5, 5.41) is 26.2. The molecule has 3 heterocycles. The molecule has 3 rings (SSSR count). The van der Waals surface area contributed by atoms with E-state index in [0.717, 1.165) is 0 Å². The van der Waals surface area contributed by atoms with E-state index in [2.05, 4.69) is 20.6 Å². The first-order valence-corrected chi connectivity index (χ1v) is 9.87. The lowest BCUT2D eigenvalue weighted by atomic mass is 10.1. The molecule has 3 aromatic rings. The molecule has 34 heavy (non-hydrogen) atoms. The quantitative estimate of drug-likeness (QED) is 0.346. The van der Waals surface area contributed by atoms with Gasteiger partial charge in [0.25, 0.3) is 5.56 Å². The number of aromatic nitrogens is 3. The molecule has 0 unspecified atom stereocenters. The number of aryl methyl sites for hydroxylation is 1. The number of halogens is 3. The van der Waals surface area contributed by atoms with Crippen LogP contribution in [0.2, 0.25) is 0 Å². The van der Waals surface area contributed by atoms with Gasteiger partial charge in [0.15, 0.2) is 0 Å². The topological polar surface area (TPSA) is 135 Å². The maximum atomic E-state index is 13.6. The number of rotatable bonds is 7. The van der Waals surface area contributed by atoms with Crippen LogP contribution in [0.5, 0.6) is 0 Å². The molecule has 0 fully saturated rings. The van der Waals surface area contributed by atoms with E-state index in [9.17, 15) is 33.2 Å². The van der Waals surface area contributed by atoms with Crippen LogP contribution in [0.1, 0.15) is 19.4 Å².